The molecule has 0 saturated carbocycles. The molecule has 8 heteroatoms. The van der Waals surface area contributed by atoms with E-state index in [0.29, 0.717) is 16.6 Å². The zero-order chi connectivity index (χ0) is 17.7. The Morgan fingerprint density at radius 3 is 2.58 bits per heavy atom. The van der Waals surface area contributed by atoms with Crippen LogP contribution in [0.2, 0.25) is 0 Å². The summed E-state index contributed by atoms with van der Waals surface area (Å²) < 4.78 is 30.0. The van der Waals surface area contributed by atoms with Crippen LogP contribution in [0.1, 0.15) is 18.1 Å². The summed E-state index contributed by atoms with van der Waals surface area (Å²) in [6, 6.07) is 9.61. The van der Waals surface area contributed by atoms with Crippen molar-refractivity contribution >= 4 is 32.2 Å². The highest BCUT2D eigenvalue weighted by Crippen LogP contribution is 2.35. The van der Waals surface area contributed by atoms with Crippen molar-refractivity contribution in [3.63, 3.8) is 0 Å². The predicted molar refractivity (Wildman–Crippen MR) is 96.1 cm³/mol. The van der Waals surface area contributed by atoms with E-state index in [-0.39, 0.29) is 16.4 Å². The number of nitrogens with zero attached hydrogens (tertiary/aromatic N) is 1. The maximum absolute atomic E-state index is 12.1. The molecule has 0 amide bonds. The van der Waals surface area contributed by atoms with Crippen LogP contribution in [-0.2, 0) is 10.0 Å². The van der Waals surface area contributed by atoms with Crippen LogP contribution in [-0.4, -0.2) is 26.3 Å². The molecule has 0 atom stereocenters. The highest BCUT2D eigenvalue weighted by atomic mass is 79.9. The number of aromatic hydroxyl groups is 1. The lowest BCUT2D eigenvalue weighted by Crippen LogP contribution is -2.18. The fourth-order valence-corrected chi connectivity index (χ4v) is 3.13. The van der Waals surface area contributed by atoms with Gasteiger partial charge < -0.3 is 9.84 Å². The van der Waals surface area contributed by atoms with E-state index >= 15 is 0 Å². The van der Waals surface area contributed by atoms with Gasteiger partial charge in [0.15, 0.2) is 11.5 Å². The standard InChI is InChI=1S/C16H17BrN2O4S/c1-3-23-15-9-12(8-14(17)16(15)20)10-18-19-24(21,22)13-6-4-11(2)5-7-13/h4-10,19-20H,3H2,1-2H3. The predicted octanol–water partition coefficient (Wildman–Crippen LogP) is 3.17. The van der Waals surface area contributed by atoms with Crippen molar-refractivity contribution in [2.45, 2.75) is 18.7 Å². The van der Waals surface area contributed by atoms with Gasteiger partial charge in [0.05, 0.1) is 22.2 Å². The fraction of sp³-hybridized carbons (Fsp3) is 0.188. The number of hydrazone groups is 1. The number of ether oxygens (including phenoxy) is 1. The molecular formula is C16H17BrN2O4S. The first-order valence-electron chi connectivity index (χ1n) is 7.10. The third-order valence-electron chi connectivity index (χ3n) is 3.07. The average Bonchev–Trinajstić information content (AvgIpc) is 2.52. The summed E-state index contributed by atoms with van der Waals surface area (Å²) in [5, 5.41) is 13.6. The summed E-state index contributed by atoms with van der Waals surface area (Å²) >= 11 is 3.21. The summed E-state index contributed by atoms with van der Waals surface area (Å²) in [6.07, 6.45) is 1.33. The Kier molecular flexibility index (Phi) is 5.84. The Bertz CT molecular complexity index is 849. The molecule has 2 aromatic rings. The van der Waals surface area contributed by atoms with Crippen LogP contribution in [0.25, 0.3) is 0 Å². The summed E-state index contributed by atoms with van der Waals surface area (Å²) in [5.74, 6) is 0.268. The molecule has 0 heterocycles. The largest absolute Gasteiger partial charge is 0.503 e. The molecule has 0 aliphatic carbocycles. The van der Waals surface area contributed by atoms with Crippen molar-refractivity contribution in [3.05, 3.63) is 52.0 Å². The monoisotopic (exact) mass is 412 g/mol. The van der Waals surface area contributed by atoms with Crippen LogP contribution in [0.3, 0.4) is 0 Å². The zero-order valence-electron chi connectivity index (χ0n) is 13.2. The second kappa shape index (κ2) is 7.67. The molecule has 0 unspecified atom stereocenters. The fourth-order valence-electron chi connectivity index (χ4n) is 1.87. The van der Waals surface area contributed by atoms with E-state index in [0.717, 1.165) is 5.56 Å². The second-order valence-electron chi connectivity index (χ2n) is 4.95. The summed E-state index contributed by atoms with van der Waals surface area (Å²) in [4.78, 5) is 2.28. The van der Waals surface area contributed by atoms with Gasteiger partial charge in [-0.15, -0.1) is 0 Å². The van der Waals surface area contributed by atoms with Gasteiger partial charge in [-0.2, -0.15) is 13.5 Å². The van der Waals surface area contributed by atoms with Crippen molar-refractivity contribution < 1.29 is 18.3 Å². The number of rotatable bonds is 6. The number of sulfonamides is 1. The Hall–Kier alpha value is -2.06. The Morgan fingerprint density at radius 2 is 1.96 bits per heavy atom. The van der Waals surface area contributed by atoms with Crippen LogP contribution in [0.4, 0.5) is 0 Å². The van der Waals surface area contributed by atoms with Gasteiger partial charge in [-0.3, -0.25) is 0 Å². The van der Waals surface area contributed by atoms with Gasteiger partial charge in [-0.1, -0.05) is 17.7 Å². The minimum atomic E-state index is -3.73. The molecule has 2 N–H and O–H groups in total. The molecule has 0 bridgehead atoms. The van der Waals surface area contributed by atoms with E-state index < -0.39 is 10.0 Å². The van der Waals surface area contributed by atoms with Gasteiger partial charge in [0, 0.05) is 0 Å². The average molecular weight is 413 g/mol. The van der Waals surface area contributed by atoms with Gasteiger partial charge in [-0.05, 0) is 59.6 Å². The molecule has 2 aromatic carbocycles. The van der Waals surface area contributed by atoms with Crippen LogP contribution in [0.15, 0.2) is 50.9 Å². The van der Waals surface area contributed by atoms with E-state index in [1.807, 2.05) is 6.92 Å². The number of phenolic OH excluding ortho intramolecular Hbond substituents is 1. The lowest BCUT2D eigenvalue weighted by atomic mass is 10.2. The lowest BCUT2D eigenvalue weighted by Gasteiger charge is -2.08. The molecular weight excluding hydrogens is 396 g/mol. The third kappa shape index (κ3) is 4.48. The van der Waals surface area contributed by atoms with Crippen molar-refractivity contribution in [1.82, 2.24) is 4.83 Å². The number of phenols is 1. The van der Waals surface area contributed by atoms with E-state index in [1.54, 1.807) is 31.2 Å². The number of aryl methyl sites for hydroxylation is 1. The summed E-state index contributed by atoms with van der Waals surface area (Å²) in [6.45, 7) is 4.06. The maximum Gasteiger partial charge on any atom is 0.276 e. The number of hydrogen-bond donors (Lipinski definition) is 2. The summed E-state index contributed by atoms with van der Waals surface area (Å²) in [7, 11) is -3.73. The molecule has 0 radical (unpaired) electrons. The van der Waals surface area contributed by atoms with Crippen molar-refractivity contribution in [2.24, 2.45) is 5.10 Å². The summed E-state index contributed by atoms with van der Waals surface area (Å²) in [5.41, 5.74) is 1.53. The molecule has 0 saturated heterocycles. The number of hydrogen-bond acceptors (Lipinski definition) is 5. The van der Waals surface area contributed by atoms with Crippen molar-refractivity contribution in [1.29, 1.82) is 0 Å². The molecule has 0 aromatic heterocycles. The highest BCUT2D eigenvalue weighted by molar-refractivity contribution is 9.10. The highest BCUT2D eigenvalue weighted by Gasteiger charge is 2.12. The van der Waals surface area contributed by atoms with E-state index in [4.69, 9.17) is 4.74 Å². The van der Waals surface area contributed by atoms with Crippen molar-refractivity contribution in [3.8, 4) is 11.5 Å². The van der Waals surface area contributed by atoms with E-state index in [2.05, 4.69) is 25.9 Å². The minimum absolute atomic E-state index is 0.0192. The quantitative estimate of drug-likeness (QED) is 0.563. The Morgan fingerprint density at radius 1 is 1.29 bits per heavy atom. The number of halogens is 1. The lowest BCUT2D eigenvalue weighted by molar-refractivity contribution is 0.317. The molecule has 128 valence electrons. The first-order chi connectivity index (χ1) is 11.3. The van der Waals surface area contributed by atoms with Gasteiger partial charge >= 0.3 is 0 Å². The Balaban J connectivity index is 2.18. The first-order valence-corrected chi connectivity index (χ1v) is 9.38. The van der Waals surface area contributed by atoms with E-state index in [9.17, 15) is 13.5 Å². The molecule has 0 aliphatic heterocycles. The molecule has 0 spiro atoms. The third-order valence-corrected chi connectivity index (χ3v) is 4.91. The molecule has 24 heavy (non-hydrogen) atoms. The smallest absolute Gasteiger partial charge is 0.276 e. The zero-order valence-corrected chi connectivity index (χ0v) is 15.6. The van der Waals surface area contributed by atoms with Gasteiger partial charge in [-0.25, -0.2) is 4.83 Å². The van der Waals surface area contributed by atoms with Crippen LogP contribution in [0, 0.1) is 6.92 Å². The van der Waals surface area contributed by atoms with Gasteiger partial charge in [0.2, 0.25) is 0 Å². The molecule has 0 aliphatic rings. The van der Waals surface area contributed by atoms with Crippen LogP contribution >= 0.6 is 15.9 Å². The Labute approximate surface area is 149 Å². The van der Waals surface area contributed by atoms with Crippen LogP contribution in [0.5, 0.6) is 11.5 Å². The van der Waals surface area contributed by atoms with Gasteiger partial charge in [0.1, 0.15) is 0 Å². The maximum atomic E-state index is 12.1. The van der Waals surface area contributed by atoms with Gasteiger partial charge in [0.25, 0.3) is 10.0 Å². The molecule has 6 nitrogen and oxygen atoms in total. The number of nitrogens with one attached hydrogen (secondary N) is 1. The topological polar surface area (TPSA) is 88.0 Å². The molecule has 0 fully saturated rings. The normalized spacial score (nSPS) is 11.6. The van der Waals surface area contributed by atoms with Crippen LogP contribution < -0.4 is 9.57 Å². The molecule has 2 rings (SSSR count). The number of benzene rings is 2. The van der Waals surface area contributed by atoms with E-state index in [1.165, 1.54) is 18.3 Å². The second-order valence-corrected chi connectivity index (χ2v) is 7.46. The van der Waals surface area contributed by atoms with Crippen molar-refractivity contribution in [2.75, 3.05) is 6.61 Å². The SMILES string of the molecule is CCOc1cc(C=NNS(=O)(=O)c2ccc(C)cc2)cc(Br)c1O. The first kappa shape index (κ1) is 18.3. The minimum Gasteiger partial charge on any atom is -0.503 e.